The van der Waals surface area contributed by atoms with Crippen molar-refractivity contribution in [3.63, 3.8) is 0 Å². The lowest BCUT2D eigenvalue weighted by molar-refractivity contribution is -0.116. The minimum absolute atomic E-state index is 0.186. The number of para-hydroxylation sites is 1. The molecule has 1 aliphatic rings. The summed E-state index contributed by atoms with van der Waals surface area (Å²) in [6.07, 6.45) is 0.947. The van der Waals surface area contributed by atoms with Gasteiger partial charge in [0.15, 0.2) is 0 Å². The number of benzene rings is 3. The molecule has 0 aromatic heterocycles. The molecule has 1 heterocycles. The van der Waals surface area contributed by atoms with E-state index in [1.807, 2.05) is 29.2 Å². The SMILES string of the molecule is C[C@@H]1Cc2ccccc2N1C(=O)CSc1ccc2ccccc2c1. The Morgan fingerprint density at radius 3 is 2.67 bits per heavy atom. The minimum Gasteiger partial charge on any atom is -0.308 e. The maximum absolute atomic E-state index is 12.8. The van der Waals surface area contributed by atoms with Gasteiger partial charge < -0.3 is 4.90 Å². The van der Waals surface area contributed by atoms with Gasteiger partial charge in [-0.1, -0.05) is 48.5 Å². The molecule has 0 spiro atoms. The molecule has 0 saturated heterocycles. The lowest BCUT2D eigenvalue weighted by Gasteiger charge is -2.22. The van der Waals surface area contributed by atoms with Crippen LogP contribution in [0.15, 0.2) is 71.6 Å². The molecule has 0 unspecified atom stereocenters. The van der Waals surface area contributed by atoms with Crippen LogP contribution in [0.2, 0.25) is 0 Å². The molecule has 1 amide bonds. The molecule has 3 aromatic rings. The summed E-state index contributed by atoms with van der Waals surface area (Å²) in [5.41, 5.74) is 2.35. The summed E-state index contributed by atoms with van der Waals surface area (Å²) in [4.78, 5) is 15.9. The molecule has 120 valence electrons. The van der Waals surface area contributed by atoms with Gasteiger partial charge in [-0.25, -0.2) is 0 Å². The summed E-state index contributed by atoms with van der Waals surface area (Å²) in [6.45, 7) is 2.12. The van der Waals surface area contributed by atoms with Crippen molar-refractivity contribution in [3.8, 4) is 0 Å². The zero-order valence-corrected chi connectivity index (χ0v) is 14.4. The fourth-order valence-electron chi connectivity index (χ4n) is 3.42. The molecular formula is C21H19NOS. The average molecular weight is 333 g/mol. The highest BCUT2D eigenvalue weighted by Gasteiger charge is 2.30. The number of amides is 1. The van der Waals surface area contributed by atoms with Crippen LogP contribution in [-0.2, 0) is 11.2 Å². The molecule has 1 aliphatic heterocycles. The molecule has 0 aliphatic carbocycles. The molecule has 3 heteroatoms. The van der Waals surface area contributed by atoms with Gasteiger partial charge in [-0.05, 0) is 47.9 Å². The molecule has 2 nitrogen and oxygen atoms in total. The number of carbonyl (C=O) groups excluding carboxylic acids is 1. The fourth-order valence-corrected chi connectivity index (χ4v) is 4.22. The molecule has 0 saturated carbocycles. The lowest BCUT2D eigenvalue weighted by atomic mass is 10.1. The number of fused-ring (bicyclic) bond motifs is 2. The number of nitrogens with zero attached hydrogens (tertiary/aromatic N) is 1. The van der Waals surface area contributed by atoms with Crippen molar-refractivity contribution in [2.75, 3.05) is 10.7 Å². The van der Waals surface area contributed by atoms with Gasteiger partial charge in [-0.15, -0.1) is 11.8 Å². The van der Waals surface area contributed by atoms with E-state index in [0.29, 0.717) is 5.75 Å². The Morgan fingerprint density at radius 1 is 1.04 bits per heavy atom. The second-order valence-electron chi connectivity index (χ2n) is 6.24. The van der Waals surface area contributed by atoms with Crippen LogP contribution in [0.1, 0.15) is 12.5 Å². The predicted octanol–water partition coefficient (Wildman–Crippen LogP) is 4.91. The van der Waals surface area contributed by atoms with Gasteiger partial charge in [-0.2, -0.15) is 0 Å². The van der Waals surface area contributed by atoms with Crippen LogP contribution < -0.4 is 4.90 Å². The highest BCUT2D eigenvalue weighted by molar-refractivity contribution is 8.00. The van der Waals surface area contributed by atoms with Crippen LogP contribution in [-0.4, -0.2) is 17.7 Å². The van der Waals surface area contributed by atoms with E-state index in [0.717, 1.165) is 17.0 Å². The second-order valence-corrected chi connectivity index (χ2v) is 7.29. The van der Waals surface area contributed by atoms with E-state index >= 15 is 0 Å². The van der Waals surface area contributed by atoms with Crippen LogP contribution in [0.3, 0.4) is 0 Å². The Labute approximate surface area is 146 Å². The molecule has 1 atom stereocenters. The quantitative estimate of drug-likeness (QED) is 0.635. The molecule has 4 rings (SSSR count). The van der Waals surface area contributed by atoms with E-state index in [1.54, 1.807) is 11.8 Å². The van der Waals surface area contributed by atoms with Crippen LogP contribution in [0.5, 0.6) is 0 Å². The third kappa shape index (κ3) is 2.80. The third-order valence-corrected chi connectivity index (χ3v) is 5.54. The van der Waals surface area contributed by atoms with Gasteiger partial charge in [0.1, 0.15) is 0 Å². The third-order valence-electron chi connectivity index (χ3n) is 4.56. The smallest absolute Gasteiger partial charge is 0.237 e. The van der Waals surface area contributed by atoms with E-state index < -0.39 is 0 Å². The van der Waals surface area contributed by atoms with E-state index in [9.17, 15) is 4.79 Å². The Bertz CT molecular complexity index is 905. The Hall–Kier alpha value is -2.26. The molecular weight excluding hydrogens is 314 g/mol. The van der Waals surface area contributed by atoms with Crippen LogP contribution >= 0.6 is 11.8 Å². The maximum Gasteiger partial charge on any atom is 0.237 e. The van der Waals surface area contributed by atoms with Crippen molar-refractivity contribution in [1.29, 1.82) is 0 Å². The standard InChI is InChI=1S/C21H19NOS/c1-15-12-18-8-4-5-9-20(18)22(15)21(23)14-24-19-11-10-16-6-2-3-7-17(16)13-19/h2-11,13,15H,12,14H2,1H3/t15-/m1/s1. The van der Waals surface area contributed by atoms with Crippen molar-refractivity contribution in [3.05, 3.63) is 72.3 Å². The van der Waals surface area contributed by atoms with Gasteiger partial charge in [-0.3, -0.25) is 4.79 Å². The van der Waals surface area contributed by atoms with Crippen molar-refractivity contribution in [1.82, 2.24) is 0 Å². The second kappa shape index (κ2) is 6.33. The van der Waals surface area contributed by atoms with Crippen LogP contribution in [0.4, 0.5) is 5.69 Å². The zero-order chi connectivity index (χ0) is 16.5. The van der Waals surface area contributed by atoms with Gasteiger partial charge in [0, 0.05) is 16.6 Å². The largest absolute Gasteiger partial charge is 0.308 e. The molecule has 0 N–H and O–H groups in total. The summed E-state index contributed by atoms with van der Waals surface area (Å²) in [5.74, 6) is 0.655. The zero-order valence-electron chi connectivity index (χ0n) is 13.6. The van der Waals surface area contributed by atoms with Crippen molar-refractivity contribution in [2.45, 2.75) is 24.3 Å². The van der Waals surface area contributed by atoms with Gasteiger partial charge in [0.05, 0.1) is 5.75 Å². The molecule has 0 fully saturated rings. The summed E-state index contributed by atoms with van der Waals surface area (Å²) in [6, 6.07) is 23.2. The topological polar surface area (TPSA) is 20.3 Å². The summed E-state index contributed by atoms with van der Waals surface area (Å²) in [5, 5.41) is 2.45. The van der Waals surface area contributed by atoms with E-state index in [-0.39, 0.29) is 11.9 Å². The Kier molecular flexibility index (Phi) is 4.03. The first-order valence-electron chi connectivity index (χ1n) is 8.24. The number of hydrogen-bond donors (Lipinski definition) is 0. The molecule has 24 heavy (non-hydrogen) atoms. The monoisotopic (exact) mass is 333 g/mol. The van der Waals surface area contributed by atoms with Crippen molar-refractivity contribution >= 4 is 34.1 Å². The molecule has 0 radical (unpaired) electrons. The van der Waals surface area contributed by atoms with Gasteiger partial charge in [0.25, 0.3) is 0 Å². The molecule has 0 bridgehead atoms. The Morgan fingerprint density at radius 2 is 1.79 bits per heavy atom. The van der Waals surface area contributed by atoms with Crippen LogP contribution in [0.25, 0.3) is 10.8 Å². The Balaban J connectivity index is 1.50. The summed E-state index contributed by atoms with van der Waals surface area (Å²) < 4.78 is 0. The fraction of sp³-hybridized carbons (Fsp3) is 0.190. The summed E-state index contributed by atoms with van der Waals surface area (Å²) >= 11 is 1.62. The lowest BCUT2D eigenvalue weighted by Crippen LogP contribution is -2.36. The highest BCUT2D eigenvalue weighted by atomic mass is 32.2. The molecule has 3 aromatic carbocycles. The van der Waals surface area contributed by atoms with E-state index in [4.69, 9.17) is 0 Å². The van der Waals surface area contributed by atoms with E-state index in [1.165, 1.54) is 16.3 Å². The number of rotatable bonds is 3. The minimum atomic E-state index is 0.186. The maximum atomic E-state index is 12.8. The normalized spacial score (nSPS) is 16.4. The summed E-state index contributed by atoms with van der Waals surface area (Å²) in [7, 11) is 0. The first kappa shape index (κ1) is 15.3. The van der Waals surface area contributed by atoms with Gasteiger partial charge >= 0.3 is 0 Å². The number of anilines is 1. The van der Waals surface area contributed by atoms with Gasteiger partial charge in [0.2, 0.25) is 5.91 Å². The number of thioether (sulfide) groups is 1. The number of carbonyl (C=O) groups is 1. The first-order chi connectivity index (χ1) is 11.7. The number of hydrogen-bond acceptors (Lipinski definition) is 2. The van der Waals surface area contributed by atoms with E-state index in [2.05, 4.69) is 49.4 Å². The van der Waals surface area contributed by atoms with Crippen molar-refractivity contribution in [2.24, 2.45) is 0 Å². The average Bonchev–Trinajstić information content (AvgIpc) is 2.95. The van der Waals surface area contributed by atoms with Crippen LogP contribution in [0, 0.1) is 0 Å². The first-order valence-corrected chi connectivity index (χ1v) is 9.22. The van der Waals surface area contributed by atoms with Crippen molar-refractivity contribution < 1.29 is 4.79 Å². The predicted molar refractivity (Wildman–Crippen MR) is 102 cm³/mol. The highest BCUT2D eigenvalue weighted by Crippen LogP contribution is 2.33.